The van der Waals surface area contributed by atoms with Gasteiger partial charge >= 0.3 is 0 Å². The lowest BCUT2D eigenvalue weighted by atomic mass is 10.2. The molecule has 1 fully saturated rings. The van der Waals surface area contributed by atoms with E-state index in [1.807, 2.05) is 18.2 Å². The Morgan fingerprint density at radius 3 is 2.33 bits per heavy atom. The Morgan fingerprint density at radius 2 is 1.67 bits per heavy atom. The average Bonchev–Trinajstić information content (AvgIpc) is 2.56. The van der Waals surface area contributed by atoms with E-state index in [9.17, 15) is 0 Å². The maximum Gasteiger partial charge on any atom is 0.237 e. The number of hydrogen-bond donors (Lipinski definition) is 1. The van der Waals surface area contributed by atoms with Gasteiger partial charge in [0.25, 0.3) is 0 Å². The number of pyridine rings is 1. The van der Waals surface area contributed by atoms with E-state index in [0.717, 1.165) is 37.6 Å². The zero-order chi connectivity index (χ0) is 14.7. The minimum absolute atomic E-state index is 0.693. The van der Waals surface area contributed by atoms with Crippen LogP contribution in [0, 0.1) is 0 Å². The molecule has 0 amide bonds. The van der Waals surface area contributed by atoms with E-state index in [0.29, 0.717) is 5.88 Å². The van der Waals surface area contributed by atoms with Gasteiger partial charge in [0.15, 0.2) is 0 Å². The zero-order valence-corrected chi connectivity index (χ0v) is 12.2. The van der Waals surface area contributed by atoms with Gasteiger partial charge in [-0.05, 0) is 36.4 Å². The number of methoxy groups -OCH3 is 1. The van der Waals surface area contributed by atoms with Gasteiger partial charge in [-0.25, -0.2) is 4.98 Å². The molecule has 2 aromatic rings. The summed E-state index contributed by atoms with van der Waals surface area (Å²) in [6, 6.07) is 12.1. The van der Waals surface area contributed by atoms with E-state index in [2.05, 4.69) is 33.0 Å². The number of nitrogens with zero attached hydrogens (tertiary/aromatic N) is 3. The molecule has 0 atom stereocenters. The van der Waals surface area contributed by atoms with E-state index in [4.69, 9.17) is 10.5 Å². The monoisotopic (exact) mass is 284 g/mol. The predicted molar refractivity (Wildman–Crippen MR) is 86.1 cm³/mol. The van der Waals surface area contributed by atoms with Crippen molar-refractivity contribution in [2.24, 2.45) is 0 Å². The van der Waals surface area contributed by atoms with E-state index in [1.54, 1.807) is 13.3 Å². The molecule has 2 N–H and O–H groups in total. The molecule has 0 radical (unpaired) electrons. The number of nitrogen functional groups attached to an aromatic ring is 1. The normalized spacial score (nSPS) is 15.1. The van der Waals surface area contributed by atoms with Crippen LogP contribution in [0.15, 0.2) is 42.6 Å². The first-order chi connectivity index (χ1) is 10.3. The number of benzene rings is 1. The lowest BCUT2D eigenvalue weighted by molar-refractivity contribution is 0.397. The van der Waals surface area contributed by atoms with Crippen molar-refractivity contribution in [2.75, 3.05) is 48.8 Å². The molecule has 5 heteroatoms. The minimum Gasteiger partial charge on any atom is -0.480 e. The van der Waals surface area contributed by atoms with E-state index in [-0.39, 0.29) is 0 Å². The van der Waals surface area contributed by atoms with Crippen LogP contribution in [0.5, 0.6) is 5.88 Å². The van der Waals surface area contributed by atoms with Gasteiger partial charge in [0.1, 0.15) is 0 Å². The van der Waals surface area contributed by atoms with Gasteiger partial charge < -0.3 is 20.3 Å². The van der Waals surface area contributed by atoms with Gasteiger partial charge in [-0.15, -0.1) is 0 Å². The van der Waals surface area contributed by atoms with Gasteiger partial charge in [-0.3, -0.25) is 0 Å². The topological polar surface area (TPSA) is 54.6 Å². The van der Waals surface area contributed by atoms with Crippen LogP contribution in [0.1, 0.15) is 0 Å². The second-order valence-electron chi connectivity index (χ2n) is 5.10. The van der Waals surface area contributed by atoms with Crippen LogP contribution in [-0.4, -0.2) is 38.3 Å². The molecule has 0 unspecified atom stereocenters. The summed E-state index contributed by atoms with van der Waals surface area (Å²) >= 11 is 0. The number of nitrogens with two attached hydrogens (primary N) is 1. The van der Waals surface area contributed by atoms with Crippen molar-refractivity contribution in [3.05, 3.63) is 42.6 Å². The Kier molecular flexibility index (Phi) is 3.81. The zero-order valence-electron chi connectivity index (χ0n) is 12.2. The second-order valence-corrected chi connectivity index (χ2v) is 5.10. The van der Waals surface area contributed by atoms with Crippen LogP contribution < -0.4 is 20.3 Å². The molecule has 2 heterocycles. The molecule has 21 heavy (non-hydrogen) atoms. The highest BCUT2D eigenvalue weighted by molar-refractivity contribution is 5.58. The number of anilines is 3. The summed E-state index contributed by atoms with van der Waals surface area (Å²) < 4.78 is 5.34. The van der Waals surface area contributed by atoms with Crippen LogP contribution in [0.2, 0.25) is 0 Å². The third-order valence-corrected chi connectivity index (χ3v) is 3.82. The Hall–Kier alpha value is -2.43. The first-order valence-corrected chi connectivity index (χ1v) is 7.12. The van der Waals surface area contributed by atoms with Crippen molar-refractivity contribution >= 4 is 17.1 Å². The molecular weight excluding hydrogens is 264 g/mol. The Bertz CT molecular complexity index is 591. The smallest absolute Gasteiger partial charge is 0.237 e. The quantitative estimate of drug-likeness (QED) is 0.874. The molecular formula is C16H20N4O. The second kappa shape index (κ2) is 5.91. The van der Waals surface area contributed by atoms with Crippen molar-refractivity contribution in [1.82, 2.24) is 4.98 Å². The SMILES string of the molecule is COc1ncccc1N1CCN(c2ccc(N)cc2)CC1. The minimum atomic E-state index is 0.693. The van der Waals surface area contributed by atoms with Crippen molar-refractivity contribution in [3.8, 4) is 5.88 Å². The Morgan fingerprint density at radius 1 is 1.00 bits per heavy atom. The fourth-order valence-corrected chi connectivity index (χ4v) is 2.67. The first kappa shape index (κ1) is 13.5. The summed E-state index contributed by atoms with van der Waals surface area (Å²) in [5, 5.41) is 0. The summed E-state index contributed by atoms with van der Waals surface area (Å²) in [6.45, 7) is 3.85. The van der Waals surface area contributed by atoms with Crippen molar-refractivity contribution < 1.29 is 4.74 Å². The molecule has 0 spiro atoms. The van der Waals surface area contributed by atoms with Crippen LogP contribution in [0.25, 0.3) is 0 Å². The maximum atomic E-state index is 5.74. The maximum absolute atomic E-state index is 5.74. The van der Waals surface area contributed by atoms with Crippen molar-refractivity contribution in [1.29, 1.82) is 0 Å². The van der Waals surface area contributed by atoms with Crippen molar-refractivity contribution in [2.45, 2.75) is 0 Å². The fraction of sp³-hybridized carbons (Fsp3) is 0.312. The Balaban J connectivity index is 1.69. The van der Waals surface area contributed by atoms with Gasteiger partial charge in [0, 0.05) is 43.8 Å². The Labute approximate surface area is 125 Å². The van der Waals surface area contributed by atoms with Gasteiger partial charge in [0.2, 0.25) is 5.88 Å². The summed E-state index contributed by atoms with van der Waals surface area (Å²) in [7, 11) is 1.66. The average molecular weight is 284 g/mol. The molecule has 0 saturated carbocycles. The number of aromatic nitrogens is 1. The van der Waals surface area contributed by atoms with Crippen LogP contribution in [0.4, 0.5) is 17.1 Å². The summed E-state index contributed by atoms with van der Waals surface area (Å²) in [5.41, 5.74) is 8.83. The number of hydrogen-bond acceptors (Lipinski definition) is 5. The lowest BCUT2D eigenvalue weighted by Gasteiger charge is -2.37. The van der Waals surface area contributed by atoms with Crippen LogP contribution in [0.3, 0.4) is 0 Å². The summed E-state index contributed by atoms with van der Waals surface area (Å²) in [6.07, 6.45) is 1.76. The number of piperazine rings is 1. The molecule has 1 aliphatic rings. The van der Waals surface area contributed by atoms with Gasteiger partial charge in [-0.2, -0.15) is 0 Å². The van der Waals surface area contributed by atoms with Crippen LogP contribution in [-0.2, 0) is 0 Å². The van der Waals surface area contributed by atoms with E-state index < -0.39 is 0 Å². The molecule has 5 nitrogen and oxygen atoms in total. The van der Waals surface area contributed by atoms with Gasteiger partial charge in [-0.1, -0.05) is 0 Å². The molecule has 1 aromatic carbocycles. The van der Waals surface area contributed by atoms with Crippen molar-refractivity contribution in [3.63, 3.8) is 0 Å². The number of ether oxygens (including phenoxy) is 1. The molecule has 3 rings (SSSR count). The highest BCUT2D eigenvalue weighted by atomic mass is 16.5. The summed E-state index contributed by atoms with van der Waals surface area (Å²) in [4.78, 5) is 8.96. The molecule has 0 bridgehead atoms. The van der Waals surface area contributed by atoms with E-state index >= 15 is 0 Å². The van der Waals surface area contributed by atoms with Crippen LogP contribution >= 0.6 is 0 Å². The molecule has 110 valence electrons. The number of rotatable bonds is 3. The lowest BCUT2D eigenvalue weighted by Crippen LogP contribution is -2.46. The highest BCUT2D eigenvalue weighted by Crippen LogP contribution is 2.27. The summed E-state index contributed by atoms with van der Waals surface area (Å²) in [5.74, 6) is 0.693. The largest absolute Gasteiger partial charge is 0.480 e. The molecule has 1 aromatic heterocycles. The highest BCUT2D eigenvalue weighted by Gasteiger charge is 2.20. The molecule has 1 aliphatic heterocycles. The first-order valence-electron chi connectivity index (χ1n) is 7.12. The third kappa shape index (κ3) is 2.86. The standard InChI is InChI=1S/C16H20N4O/c1-21-16-15(3-2-8-18-16)20-11-9-19(10-12-20)14-6-4-13(17)5-7-14/h2-8H,9-12,17H2,1H3. The third-order valence-electron chi connectivity index (χ3n) is 3.82. The molecule has 1 saturated heterocycles. The van der Waals surface area contributed by atoms with Gasteiger partial charge in [0.05, 0.1) is 12.8 Å². The fourth-order valence-electron chi connectivity index (χ4n) is 2.67. The van der Waals surface area contributed by atoms with E-state index in [1.165, 1.54) is 5.69 Å². The molecule has 0 aliphatic carbocycles. The predicted octanol–water partition coefficient (Wildman–Crippen LogP) is 2.00.